The summed E-state index contributed by atoms with van der Waals surface area (Å²) >= 11 is 6.28. The topological polar surface area (TPSA) is 29.1 Å². The van der Waals surface area contributed by atoms with Crippen molar-refractivity contribution in [1.82, 2.24) is 5.32 Å². The van der Waals surface area contributed by atoms with Gasteiger partial charge in [0.2, 0.25) is 0 Å². The van der Waals surface area contributed by atoms with E-state index in [4.69, 9.17) is 11.6 Å². The fourth-order valence-corrected chi connectivity index (χ4v) is 1.97. The number of aryl methyl sites for hydroxylation is 1. The Morgan fingerprint density at radius 3 is 2.05 bits per heavy atom. The number of rotatable bonds is 1. The minimum absolute atomic E-state index is 0.00783. The number of nitrogens with one attached hydrogen (secondary N) is 1. The Labute approximate surface area is 121 Å². The monoisotopic (exact) mass is 281 g/mol. The number of hydrogen-bond donors (Lipinski definition) is 1. The lowest BCUT2D eigenvalue weighted by molar-refractivity contribution is 0.0919. The largest absolute Gasteiger partial charge is 0.347 e. The Morgan fingerprint density at radius 2 is 1.63 bits per heavy atom. The van der Waals surface area contributed by atoms with E-state index in [1.54, 1.807) is 0 Å². The van der Waals surface area contributed by atoms with Gasteiger partial charge in [-0.15, -0.1) is 0 Å². The van der Waals surface area contributed by atoms with Gasteiger partial charge in [-0.25, -0.2) is 0 Å². The van der Waals surface area contributed by atoms with E-state index in [1.807, 2.05) is 33.8 Å². The molecule has 0 unspecified atom stereocenters. The molecule has 0 radical (unpaired) electrons. The molecular formula is C16H24ClNO. The summed E-state index contributed by atoms with van der Waals surface area (Å²) in [4.78, 5) is 12.3. The molecule has 0 atom stereocenters. The first-order chi connectivity index (χ1) is 8.42. The third kappa shape index (κ3) is 4.24. The quantitative estimate of drug-likeness (QED) is 0.808. The Kier molecular flexibility index (Phi) is 4.36. The highest BCUT2D eigenvalue weighted by molar-refractivity contribution is 6.34. The molecule has 1 amide bonds. The van der Waals surface area contributed by atoms with E-state index in [0.717, 1.165) is 11.1 Å². The third-order valence-corrected chi connectivity index (χ3v) is 3.36. The van der Waals surface area contributed by atoms with E-state index in [-0.39, 0.29) is 16.9 Å². The van der Waals surface area contributed by atoms with Gasteiger partial charge in [0, 0.05) is 5.54 Å². The average Bonchev–Trinajstić information content (AvgIpc) is 2.17. The van der Waals surface area contributed by atoms with E-state index in [1.165, 1.54) is 0 Å². The Morgan fingerprint density at radius 1 is 1.11 bits per heavy atom. The van der Waals surface area contributed by atoms with Crippen molar-refractivity contribution in [1.29, 1.82) is 0 Å². The normalized spacial score (nSPS) is 12.4. The van der Waals surface area contributed by atoms with Gasteiger partial charge >= 0.3 is 0 Å². The van der Waals surface area contributed by atoms with Crippen LogP contribution in [0.1, 0.15) is 63.0 Å². The standard InChI is InChI=1S/C16H24ClNO/c1-10-8-11(15(2,3)4)9-12(13(10)17)14(19)18-16(5,6)7/h8-9H,1-7H3,(H,18,19). The number of hydrogen-bond acceptors (Lipinski definition) is 1. The molecule has 3 heteroatoms. The van der Waals surface area contributed by atoms with Gasteiger partial charge in [0.15, 0.2) is 0 Å². The SMILES string of the molecule is Cc1cc(C(C)(C)C)cc(C(=O)NC(C)(C)C)c1Cl. The van der Waals surface area contributed by atoms with Crippen LogP contribution >= 0.6 is 11.6 Å². The molecule has 0 aromatic heterocycles. The molecule has 106 valence electrons. The van der Waals surface area contributed by atoms with Crippen LogP contribution in [-0.2, 0) is 5.41 Å². The van der Waals surface area contributed by atoms with Crippen LogP contribution in [0.4, 0.5) is 0 Å². The van der Waals surface area contributed by atoms with Gasteiger partial charge < -0.3 is 5.32 Å². The van der Waals surface area contributed by atoms with E-state index in [0.29, 0.717) is 10.6 Å². The molecule has 19 heavy (non-hydrogen) atoms. The van der Waals surface area contributed by atoms with E-state index in [2.05, 4.69) is 32.2 Å². The lowest BCUT2D eigenvalue weighted by Crippen LogP contribution is -2.40. The summed E-state index contributed by atoms with van der Waals surface area (Å²) in [5, 5.41) is 3.50. The maximum absolute atomic E-state index is 12.3. The second kappa shape index (κ2) is 5.16. The zero-order chi connectivity index (χ0) is 15.0. The second-order valence-electron chi connectivity index (χ2n) is 7.11. The molecule has 0 bridgehead atoms. The Bertz CT molecular complexity index is 493. The molecule has 0 aliphatic carbocycles. The van der Waals surface area contributed by atoms with Crippen molar-refractivity contribution < 1.29 is 4.79 Å². The van der Waals surface area contributed by atoms with Crippen molar-refractivity contribution in [2.24, 2.45) is 0 Å². The first-order valence-electron chi connectivity index (χ1n) is 6.55. The number of benzene rings is 1. The Hall–Kier alpha value is -1.02. The fraction of sp³-hybridized carbons (Fsp3) is 0.562. The predicted molar refractivity (Wildman–Crippen MR) is 82.1 cm³/mol. The average molecular weight is 282 g/mol. The van der Waals surface area contributed by atoms with Gasteiger partial charge in [0.1, 0.15) is 0 Å². The number of carbonyl (C=O) groups is 1. The van der Waals surface area contributed by atoms with Crippen LogP contribution in [0.3, 0.4) is 0 Å². The molecule has 1 aromatic rings. The highest BCUT2D eigenvalue weighted by atomic mass is 35.5. The highest BCUT2D eigenvalue weighted by Gasteiger charge is 2.22. The van der Waals surface area contributed by atoms with Gasteiger partial charge in [-0.2, -0.15) is 0 Å². The van der Waals surface area contributed by atoms with Crippen LogP contribution in [0, 0.1) is 6.92 Å². The van der Waals surface area contributed by atoms with Gasteiger partial charge in [-0.1, -0.05) is 38.4 Å². The van der Waals surface area contributed by atoms with Gasteiger partial charge in [0.05, 0.1) is 10.6 Å². The number of amides is 1. The molecule has 1 rings (SSSR count). The summed E-state index contributed by atoms with van der Waals surface area (Å²) in [5.41, 5.74) is 2.33. The lowest BCUT2D eigenvalue weighted by Gasteiger charge is -2.24. The molecule has 0 saturated carbocycles. The predicted octanol–water partition coefficient (Wildman–Crippen LogP) is 4.47. The van der Waals surface area contributed by atoms with Crippen LogP contribution in [0.5, 0.6) is 0 Å². The molecule has 1 aromatic carbocycles. The molecule has 2 nitrogen and oxygen atoms in total. The molecular weight excluding hydrogens is 258 g/mol. The summed E-state index contributed by atoms with van der Waals surface area (Å²) in [6, 6.07) is 3.95. The first kappa shape index (κ1) is 16.0. The van der Waals surface area contributed by atoms with Crippen LogP contribution in [0.2, 0.25) is 5.02 Å². The molecule has 0 saturated heterocycles. The van der Waals surface area contributed by atoms with Crippen molar-refractivity contribution >= 4 is 17.5 Å². The number of halogens is 1. The van der Waals surface area contributed by atoms with Crippen molar-refractivity contribution in [3.63, 3.8) is 0 Å². The zero-order valence-corrected chi connectivity index (χ0v) is 13.7. The van der Waals surface area contributed by atoms with Crippen molar-refractivity contribution in [2.75, 3.05) is 0 Å². The van der Waals surface area contributed by atoms with E-state index in [9.17, 15) is 4.79 Å². The summed E-state index contributed by atoms with van der Waals surface area (Å²) in [6.07, 6.45) is 0. The van der Waals surface area contributed by atoms with Crippen molar-refractivity contribution in [3.05, 3.63) is 33.8 Å². The van der Waals surface area contributed by atoms with E-state index >= 15 is 0 Å². The van der Waals surface area contributed by atoms with Crippen LogP contribution in [-0.4, -0.2) is 11.4 Å². The van der Waals surface area contributed by atoms with Gasteiger partial charge in [-0.3, -0.25) is 4.79 Å². The smallest absolute Gasteiger partial charge is 0.253 e. The molecule has 0 fully saturated rings. The fourth-order valence-electron chi connectivity index (χ4n) is 1.78. The molecule has 0 heterocycles. The second-order valence-corrected chi connectivity index (χ2v) is 7.49. The molecule has 1 N–H and O–H groups in total. The summed E-state index contributed by atoms with van der Waals surface area (Å²) in [5.74, 6) is -0.119. The summed E-state index contributed by atoms with van der Waals surface area (Å²) in [6.45, 7) is 14.2. The zero-order valence-electron chi connectivity index (χ0n) is 12.9. The molecule has 0 aliphatic heterocycles. The van der Waals surface area contributed by atoms with Gasteiger partial charge in [0.25, 0.3) is 5.91 Å². The van der Waals surface area contributed by atoms with E-state index < -0.39 is 0 Å². The van der Waals surface area contributed by atoms with Crippen molar-refractivity contribution in [3.8, 4) is 0 Å². The number of carbonyl (C=O) groups excluding carboxylic acids is 1. The van der Waals surface area contributed by atoms with Gasteiger partial charge in [-0.05, 0) is 50.3 Å². The van der Waals surface area contributed by atoms with Crippen molar-refractivity contribution in [2.45, 2.75) is 59.4 Å². The maximum Gasteiger partial charge on any atom is 0.253 e. The molecule has 0 aliphatic rings. The third-order valence-electron chi connectivity index (χ3n) is 2.85. The van der Waals surface area contributed by atoms with Crippen LogP contribution in [0.25, 0.3) is 0 Å². The summed E-state index contributed by atoms with van der Waals surface area (Å²) < 4.78 is 0. The summed E-state index contributed by atoms with van der Waals surface area (Å²) in [7, 11) is 0. The Balaban J connectivity index is 3.28. The minimum atomic E-state index is -0.272. The maximum atomic E-state index is 12.3. The highest BCUT2D eigenvalue weighted by Crippen LogP contribution is 2.30. The van der Waals surface area contributed by atoms with Crippen LogP contribution in [0.15, 0.2) is 12.1 Å². The van der Waals surface area contributed by atoms with Crippen LogP contribution < -0.4 is 5.32 Å². The molecule has 0 spiro atoms. The minimum Gasteiger partial charge on any atom is -0.347 e. The first-order valence-corrected chi connectivity index (χ1v) is 6.93. The lowest BCUT2D eigenvalue weighted by atomic mass is 9.85.